The molecule has 0 aromatic heterocycles. The molecule has 3 heteroatoms. The Morgan fingerprint density at radius 1 is 1.15 bits per heavy atom. The van der Waals surface area contributed by atoms with Crippen LogP contribution in [0.4, 0.5) is 0 Å². The van der Waals surface area contributed by atoms with E-state index in [4.69, 9.17) is 0 Å². The summed E-state index contributed by atoms with van der Waals surface area (Å²) in [6.07, 6.45) is 6.06. The average molecular weight is 235 g/mol. The van der Waals surface area contributed by atoms with Crippen molar-refractivity contribution >= 4 is 0 Å². The average Bonchev–Trinajstić information content (AvgIpc) is 2.62. The van der Waals surface area contributed by atoms with Crippen LogP contribution < -0.4 is 32.3 Å². The third-order valence-corrected chi connectivity index (χ3v) is 2.10. The lowest BCUT2D eigenvalue weighted by Gasteiger charge is -1.83. The third kappa shape index (κ3) is 1.08. The van der Waals surface area contributed by atoms with Gasteiger partial charge in [0.15, 0.2) is 5.36 Å². The molecule has 0 saturated heterocycles. The maximum atomic E-state index is 4.44. The van der Waals surface area contributed by atoms with Gasteiger partial charge in [0.2, 0.25) is 5.36 Å². The summed E-state index contributed by atoms with van der Waals surface area (Å²) in [5, 5.41) is 2.24. The number of fused-ring (bicyclic) bond motifs is 2. The molecule has 64 valence electrons. The van der Waals surface area contributed by atoms with Crippen LogP contribution in [0.25, 0.3) is 0 Å². The van der Waals surface area contributed by atoms with Gasteiger partial charge in [0.1, 0.15) is 0 Å². The van der Waals surface area contributed by atoms with Crippen molar-refractivity contribution in [2.24, 2.45) is 4.99 Å². The largest absolute Gasteiger partial charge is 1.00 e. The van der Waals surface area contributed by atoms with Crippen molar-refractivity contribution in [2.45, 2.75) is 0 Å². The minimum atomic E-state index is 0. The van der Waals surface area contributed by atoms with E-state index in [1.165, 1.54) is 5.36 Å². The van der Waals surface area contributed by atoms with E-state index in [0.29, 0.717) is 0 Å². The predicted molar refractivity (Wildman–Crippen MR) is 45.7 cm³/mol. The highest BCUT2D eigenvalue weighted by Crippen LogP contribution is 2.05. The predicted octanol–water partition coefficient (Wildman–Crippen LogP) is -2.82. The number of nitrogens with zero attached hydrogens (tertiary/aromatic N) is 2. The van der Waals surface area contributed by atoms with Gasteiger partial charge in [-0.15, -0.1) is 0 Å². The number of halogens is 1. The minimum absolute atomic E-state index is 0. The van der Waals surface area contributed by atoms with Gasteiger partial charge in [0.25, 0.3) is 0 Å². The summed E-state index contributed by atoms with van der Waals surface area (Å²) in [5.41, 5.74) is 0. The molecule has 0 aliphatic carbocycles. The van der Waals surface area contributed by atoms with E-state index in [1.807, 2.05) is 36.6 Å². The first-order chi connectivity index (χ1) is 5.95. The lowest BCUT2D eigenvalue weighted by molar-refractivity contribution is -0.00000240. The van der Waals surface area contributed by atoms with Crippen LogP contribution in [0.1, 0.15) is 0 Å². The van der Waals surface area contributed by atoms with Gasteiger partial charge in [-0.1, -0.05) is 12.1 Å². The molecular formula is C10H7BrN2. The monoisotopic (exact) mass is 234 g/mol. The SMILES string of the molecule is C1=C[N+]2=c3ccccc3=NC2=C1.[Br-]. The number of hydrogen-bond donors (Lipinski definition) is 0. The molecule has 0 saturated carbocycles. The summed E-state index contributed by atoms with van der Waals surface area (Å²) in [6, 6.07) is 8.15. The second-order valence-corrected chi connectivity index (χ2v) is 2.84. The van der Waals surface area contributed by atoms with E-state index in [2.05, 4.69) is 15.6 Å². The summed E-state index contributed by atoms with van der Waals surface area (Å²) < 4.78 is 2.09. The van der Waals surface area contributed by atoms with Crippen LogP contribution in [0.5, 0.6) is 0 Å². The van der Waals surface area contributed by atoms with Gasteiger partial charge in [-0.25, -0.2) is 0 Å². The van der Waals surface area contributed by atoms with E-state index in [-0.39, 0.29) is 17.0 Å². The van der Waals surface area contributed by atoms with E-state index in [1.54, 1.807) is 0 Å². The zero-order valence-electron chi connectivity index (χ0n) is 6.81. The van der Waals surface area contributed by atoms with Crippen LogP contribution in [0.2, 0.25) is 0 Å². The lowest BCUT2D eigenvalue weighted by Crippen LogP contribution is -3.00. The number of rotatable bonds is 0. The second kappa shape index (κ2) is 2.92. The Morgan fingerprint density at radius 3 is 2.92 bits per heavy atom. The smallest absolute Gasteiger partial charge is 0.329 e. The molecule has 2 aliphatic rings. The zero-order chi connectivity index (χ0) is 7.97. The first-order valence-corrected chi connectivity index (χ1v) is 3.94. The van der Waals surface area contributed by atoms with Gasteiger partial charge in [-0.3, -0.25) is 0 Å². The maximum Gasteiger partial charge on any atom is 0.329 e. The van der Waals surface area contributed by atoms with Gasteiger partial charge >= 0.3 is 5.82 Å². The molecule has 0 radical (unpaired) electrons. The zero-order valence-corrected chi connectivity index (χ0v) is 8.40. The first kappa shape index (κ1) is 8.38. The molecule has 2 nitrogen and oxygen atoms in total. The molecule has 0 bridgehead atoms. The van der Waals surface area contributed by atoms with Crippen molar-refractivity contribution < 1.29 is 17.0 Å². The Labute approximate surface area is 86.0 Å². The quantitative estimate of drug-likeness (QED) is 0.431. The highest BCUT2D eigenvalue weighted by atomic mass is 79.9. The normalized spacial score (nSPS) is 15.7. The van der Waals surface area contributed by atoms with Crippen LogP contribution in [-0.2, 0) is 0 Å². The highest BCUT2D eigenvalue weighted by molar-refractivity contribution is 5.26. The van der Waals surface area contributed by atoms with Gasteiger partial charge in [-0.2, -0.15) is 4.58 Å². The molecular weight excluding hydrogens is 228 g/mol. The van der Waals surface area contributed by atoms with Crippen molar-refractivity contribution in [3.63, 3.8) is 0 Å². The highest BCUT2D eigenvalue weighted by Gasteiger charge is 2.20. The Bertz CT molecular complexity index is 526. The van der Waals surface area contributed by atoms with Crippen molar-refractivity contribution in [1.29, 1.82) is 0 Å². The topological polar surface area (TPSA) is 15.4 Å². The molecule has 1 aromatic rings. The number of allylic oxidation sites excluding steroid dienone is 2. The van der Waals surface area contributed by atoms with Gasteiger partial charge < -0.3 is 17.0 Å². The van der Waals surface area contributed by atoms with Crippen molar-refractivity contribution in [3.8, 4) is 0 Å². The Hall–Kier alpha value is -1.22. The molecule has 0 unspecified atom stereocenters. The number of para-hydroxylation sites is 2. The van der Waals surface area contributed by atoms with Gasteiger partial charge in [0, 0.05) is 6.08 Å². The summed E-state index contributed by atoms with van der Waals surface area (Å²) in [5.74, 6) is 1.02. The Morgan fingerprint density at radius 2 is 2.00 bits per heavy atom. The third-order valence-electron chi connectivity index (χ3n) is 2.10. The number of benzene rings is 1. The molecule has 2 aliphatic heterocycles. The summed E-state index contributed by atoms with van der Waals surface area (Å²) >= 11 is 0. The van der Waals surface area contributed by atoms with E-state index >= 15 is 0 Å². The molecule has 1 aromatic carbocycles. The van der Waals surface area contributed by atoms with E-state index in [9.17, 15) is 0 Å². The molecule has 0 fully saturated rings. The molecule has 0 amide bonds. The van der Waals surface area contributed by atoms with Crippen LogP contribution >= 0.6 is 0 Å². The molecule has 2 heterocycles. The fraction of sp³-hybridized carbons (Fsp3) is 0. The van der Waals surface area contributed by atoms with Crippen molar-refractivity contribution in [3.05, 3.63) is 59.2 Å². The Balaban J connectivity index is 0.000000653. The fourth-order valence-electron chi connectivity index (χ4n) is 1.55. The summed E-state index contributed by atoms with van der Waals surface area (Å²) in [7, 11) is 0. The maximum absolute atomic E-state index is 4.44. The minimum Gasteiger partial charge on any atom is -1.00 e. The van der Waals surface area contributed by atoms with Crippen LogP contribution in [0.15, 0.2) is 53.4 Å². The van der Waals surface area contributed by atoms with Crippen LogP contribution in [-0.4, -0.2) is 0 Å². The van der Waals surface area contributed by atoms with Crippen LogP contribution in [0.3, 0.4) is 0 Å². The van der Waals surface area contributed by atoms with Crippen molar-refractivity contribution in [1.82, 2.24) is 4.58 Å². The molecule has 3 rings (SSSR count). The molecule has 0 spiro atoms. The summed E-state index contributed by atoms with van der Waals surface area (Å²) in [4.78, 5) is 4.44. The van der Waals surface area contributed by atoms with Gasteiger partial charge in [0.05, 0.1) is 6.20 Å². The molecule has 13 heavy (non-hydrogen) atoms. The first-order valence-electron chi connectivity index (χ1n) is 3.94. The van der Waals surface area contributed by atoms with E-state index in [0.717, 1.165) is 11.2 Å². The lowest BCUT2D eigenvalue weighted by atomic mass is 10.3. The van der Waals surface area contributed by atoms with Crippen LogP contribution in [0, 0.1) is 0 Å². The standard InChI is InChI=1S/C10H7N2.BrH/c1-2-5-9-8(4-1)11-10-6-3-7-12(9)10;/h1-7H;1H/q+1;/p-1. The second-order valence-electron chi connectivity index (χ2n) is 2.84. The fourth-order valence-corrected chi connectivity index (χ4v) is 1.55. The Kier molecular flexibility index (Phi) is 1.88. The van der Waals surface area contributed by atoms with Gasteiger partial charge in [-0.05, 0) is 23.2 Å². The van der Waals surface area contributed by atoms with E-state index < -0.39 is 0 Å². The van der Waals surface area contributed by atoms with Crippen molar-refractivity contribution in [2.75, 3.05) is 0 Å². The molecule has 0 N–H and O–H groups in total. The molecule has 0 atom stereocenters. The number of hydrogen-bond acceptors (Lipinski definition) is 1. The summed E-state index contributed by atoms with van der Waals surface area (Å²) in [6.45, 7) is 0.